The van der Waals surface area contributed by atoms with Gasteiger partial charge in [0, 0.05) is 0 Å². The third kappa shape index (κ3) is 2.16. The molecule has 0 saturated heterocycles. The Morgan fingerprint density at radius 2 is 1.69 bits per heavy atom. The van der Waals surface area contributed by atoms with Crippen LogP contribution in [0.4, 0.5) is 26.3 Å². The van der Waals surface area contributed by atoms with Crippen LogP contribution in [0.1, 0.15) is 0 Å². The van der Waals surface area contributed by atoms with E-state index in [4.69, 9.17) is 0 Å². The Kier molecular flexibility index (Phi) is 2.04. The van der Waals surface area contributed by atoms with E-state index in [1.54, 1.807) is 0 Å². The lowest BCUT2D eigenvalue weighted by Crippen LogP contribution is -2.31. The quantitative estimate of drug-likeness (QED) is 0.446. The summed E-state index contributed by atoms with van der Waals surface area (Å²) in [6.07, 6.45) is -9.94. The van der Waals surface area contributed by atoms with Crippen LogP contribution in [0.25, 0.3) is 0 Å². The van der Waals surface area contributed by atoms with Crippen molar-refractivity contribution < 1.29 is 31.1 Å². The summed E-state index contributed by atoms with van der Waals surface area (Å²) in [5.74, 6) is -1.88. The first kappa shape index (κ1) is 9.93. The highest BCUT2D eigenvalue weighted by molar-refractivity contribution is 5.82. The molecule has 0 saturated carbocycles. The molecule has 0 N–H and O–H groups in total. The third-order valence-electron chi connectivity index (χ3n) is 1.07. The van der Waals surface area contributed by atoms with Gasteiger partial charge in [-0.1, -0.05) is 0 Å². The van der Waals surface area contributed by atoms with Gasteiger partial charge in [-0.25, -0.2) is 0 Å². The van der Waals surface area contributed by atoms with Crippen LogP contribution < -0.4 is 0 Å². The van der Waals surface area contributed by atoms with Gasteiger partial charge in [0.25, 0.3) is 0 Å². The van der Waals surface area contributed by atoms with Crippen LogP contribution in [0.15, 0.2) is 5.10 Å². The predicted molar refractivity (Wildman–Crippen MR) is 27.3 cm³/mol. The third-order valence-corrected chi connectivity index (χ3v) is 1.07. The van der Waals surface area contributed by atoms with Gasteiger partial charge < -0.3 is 4.74 Å². The molecule has 9 heteroatoms. The molecular formula is C4H2F6N2O. The zero-order valence-electron chi connectivity index (χ0n) is 5.78. The molecule has 0 atom stereocenters. The van der Waals surface area contributed by atoms with Crippen molar-refractivity contribution in [3.8, 4) is 0 Å². The lowest BCUT2D eigenvalue weighted by atomic mass is 10.6. The van der Waals surface area contributed by atoms with Crippen LogP contribution in [-0.4, -0.2) is 30.1 Å². The van der Waals surface area contributed by atoms with Gasteiger partial charge in [0.15, 0.2) is 6.73 Å². The van der Waals surface area contributed by atoms with Crippen molar-refractivity contribution in [1.82, 2.24) is 5.01 Å². The van der Waals surface area contributed by atoms with Crippen LogP contribution in [-0.2, 0) is 4.74 Å². The Morgan fingerprint density at radius 1 is 1.15 bits per heavy atom. The van der Waals surface area contributed by atoms with E-state index in [0.717, 1.165) is 0 Å². The van der Waals surface area contributed by atoms with Gasteiger partial charge in [0.05, 0.1) is 0 Å². The zero-order valence-corrected chi connectivity index (χ0v) is 5.78. The van der Waals surface area contributed by atoms with E-state index >= 15 is 0 Å². The largest absolute Gasteiger partial charge is 0.503 e. The topological polar surface area (TPSA) is 24.8 Å². The van der Waals surface area contributed by atoms with Gasteiger partial charge in [-0.05, 0) is 0 Å². The second-order valence-electron chi connectivity index (χ2n) is 2.04. The smallest absolute Gasteiger partial charge is 0.450 e. The molecule has 13 heavy (non-hydrogen) atoms. The van der Waals surface area contributed by atoms with Crippen molar-refractivity contribution in [2.24, 2.45) is 5.10 Å². The fourth-order valence-corrected chi connectivity index (χ4v) is 0.558. The van der Waals surface area contributed by atoms with Gasteiger partial charge in [0.1, 0.15) is 0 Å². The summed E-state index contributed by atoms with van der Waals surface area (Å²) in [6, 6.07) is 0. The first-order valence-electron chi connectivity index (χ1n) is 2.84. The number of hydrazone groups is 1. The standard InChI is InChI=1S/C4H2F6N2O/c5-3(6,7)2-11-12(1-13-2)4(8,9)10/h1H2. The highest BCUT2D eigenvalue weighted by Crippen LogP contribution is 2.28. The number of hydrogen-bond acceptors (Lipinski definition) is 3. The Hall–Kier alpha value is -1.15. The summed E-state index contributed by atoms with van der Waals surface area (Å²) in [6.45, 7) is -1.27. The van der Waals surface area contributed by atoms with Gasteiger partial charge in [-0.3, -0.25) is 0 Å². The van der Waals surface area contributed by atoms with Crippen molar-refractivity contribution in [2.45, 2.75) is 12.5 Å². The molecule has 0 unspecified atom stereocenters. The van der Waals surface area contributed by atoms with Crippen molar-refractivity contribution in [3.63, 3.8) is 0 Å². The fraction of sp³-hybridized carbons (Fsp3) is 0.750. The van der Waals surface area contributed by atoms with E-state index in [0.29, 0.717) is 0 Å². The Balaban J connectivity index is 2.76. The van der Waals surface area contributed by atoms with E-state index in [9.17, 15) is 26.3 Å². The van der Waals surface area contributed by atoms with Gasteiger partial charge in [-0.15, -0.1) is 18.3 Å². The minimum absolute atomic E-state index is 0.740. The molecule has 0 aromatic rings. The summed E-state index contributed by atoms with van der Waals surface area (Å²) in [5.41, 5.74) is 0. The molecule has 1 heterocycles. The highest BCUT2D eigenvalue weighted by atomic mass is 19.4. The number of ether oxygens (including phenoxy) is 1. The van der Waals surface area contributed by atoms with Crippen molar-refractivity contribution in [2.75, 3.05) is 6.73 Å². The van der Waals surface area contributed by atoms with Gasteiger partial charge in [-0.2, -0.15) is 18.2 Å². The molecule has 1 rings (SSSR count). The first-order chi connectivity index (χ1) is 5.71. The summed E-state index contributed by atoms with van der Waals surface area (Å²) in [7, 11) is 0. The maximum absolute atomic E-state index is 11.7. The average molecular weight is 208 g/mol. The molecule has 0 aromatic carbocycles. The zero-order chi connectivity index (χ0) is 10.3. The number of hydrogen-bond donors (Lipinski definition) is 0. The van der Waals surface area contributed by atoms with Gasteiger partial charge >= 0.3 is 18.4 Å². The molecule has 0 fully saturated rings. The molecule has 0 bridgehead atoms. The van der Waals surface area contributed by atoms with Crippen LogP contribution in [0.2, 0.25) is 0 Å². The van der Waals surface area contributed by atoms with E-state index in [1.165, 1.54) is 0 Å². The van der Waals surface area contributed by atoms with E-state index in [2.05, 4.69) is 9.84 Å². The molecule has 0 aliphatic carbocycles. The second kappa shape index (κ2) is 2.67. The van der Waals surface area contributed by atoms with Crippen LogP contribution in [0.5, 0.6) is 0 Å². The molecule has 76 valence electrons. The molecular weight excluding hydrogens is 206 g/mol. The molecule has 0 spiro atoms. The first-order valence-corrected chi connectivity index (χ1v) is 2.84. The summed E-state index contributed by atoms with van der Waals surface area (Å²) < 4.78 is 73.8. The molecule has 1 aliphatic heterocycles. The lowest BCUT2D eigenvalue weighted by molar-refractivity contribution is -0.253. The van der Waals surface area contributed by atoms with Crippen LogP contribution in [0.3, 0.4) is 0 Å². The van der Waals surface area contributed by atoms with Crippen molar-refractivity contribution in [1.29, 1.82) is 0 Å². The number of nitrogens with zero attached hydrogens (tertiary/aromatic N) is 2. The molecule has 0 radical (unpaired) electrons. The Labute approximate surface area is 67.6 Å². The summed E-state index contributed by atoms with van der Waals surface area (Å²) in [4.78, 5) is 0. The van der Waals surface area contributed by atoms with E-state index in [-0.39, 0.29) is 0 Å². The Bertz CT molecular complexity index is 230. The maximum atomic E-state index is 11.7. The molecule has 0 aromatic heterocycles. The minimum atomic E-state index is -4.99. The lowest BCUT2D eigenvalue weighted by Gasteiger charge is -2.13. The average Bonchev–Trinajstić information content (AvgIpc) is 2.28. The highest BCUT2D eigenvalue weighted by Gasteiger charge is 2.48. The van der Waals surface area contributed by atoms with Crippen LogP contribution >= 0.6 is 0 Å². The van der Waals surface area contributed by atoms with Crippen molar-refractivity contribution >= 4 is 5.90 Å². The summed E-state index contributed by atoms with van der Waals surface area (Å²) in [5, 5.41) is 1.47. The van der Waals surface area contributed by atoms with Crippen molar-refractivity contribution in [3.05, 3.63) is 0 Å². The molecule has 0 amide bonds. The summed E-state index contributed by atoms with van der Waals surface area (Å²) >= 11 is 0. The number of alkyl halides is 6. The number of rotatable bonds is 0. The SMILES string of the molecule is FC(F)(F)C1=NN(C(F)(F)F)CO1. The van der Waals surface area contributed by atoms with Crippen LogP contribution in [0, 0.1) is 0 Å². The monoisotopic (exact) mass is 208 g/mol. The maximum Gasteiger partial charge on any atom is 0.503 e. The normalized spacial score (nSPS) is 18.6. The van der Waals surface area contributed by atoms with Gasteiger partial charge in [0.2, 0.25) is 0 Å². The van der Waals surface area contributed by atoms with E-state index in [1.807, 2.05) is 0 Å². The predicted octanol–water partition coefficient (Wildman–Crippen LogP) is 1.67. The molecule has 1 aliphatic rings. The van der Waals surface area contributed by atoms with E-state index < -0.39 is 30.1 Å². The Morgan fingerprint density at radius 3 is 1.92 bits per heavy atom. The minimum Gasteiger partial charge on any atom is -0.450 e. The second-order valence-corrected chi connectivity index (χ2v) is 2.04. The number of halogens is 6. The molecule has 3 nitrogen and oxygen atoms in total. The fourth-order valence-electron chi connectivity index (χ4n) is 0.558.